The molecule has 1 aliphatic carbocycles. The summed E-state index contributed by atoms with van der Waals surface area (Å²) in [5.41, 5.74) is 0.687. The molecule has 1 amide bonds. The molecule has 0 bridgehead atoms. The second kappa shape index (κ2) is 5.98. The zero-order valence-corrected chi connectivity index (χ0v) is 11.9. The van der Waals surface area contributed by atoms with Crippen molar-refractivity contribution in [2.75, 3.05) is 6.54 Å². The van der Waals surface area contributed by atoms with Gasteiger partial charge >= 0.3 is 0 Å². The molecular formula is C12H16BrNO2S. The molecule has 5 heteroatoms. The lowest BCUT2D eigenvalue weighted by molar-refractivity contribution is 0.0663. The first kappa shape index (κ1) is 13.1. The number of amides is 1. The van der Waals surface area contributed by atoms with Crippen LogP contribution in [0.1, 0.15) is 36.0 Å². The lowest BCUT2D eigenvalue weighted by atomic mass is 9.86. The Morgan fingerprint density at radius 3 is 2.94 bits per heavy atom. The maximum absolute atomic E-state index is 11.8. The van der Waals surface area contributed by atoms with E-state index < -0.39 is 0 Å². The van der Waals surface area contributed by atoms with Crippen LogP contribution in [-0.4, -0.2) is 23.7 Å². The van der Waals surface area contributed by atoms with E-state index in [9.17, 15) is 9.90 Å². The minimum atomic E-state index is -0.252. The average molecular weight is 318 g/mol. The lowest BCUT2D eigenvalue weighted by Crippen LogP contribution is -2.36. The van der Waals surface area contributed by atoms with Gasteiger partial charge in [0.2, 0.25) is 0 Å². The Hall–Kier alpha value is -0.390. The molecule has 2 atom stereocenters. The number of nitrogens with one attached hydrogen (secondary N) is 1. The van der Waals surface area contributed by atoms with E-state index in [-0.39, 0.29) is 17.9 Å². The molecule has 1 aromatic rings. The summed E-state index contributed by atoms with van der Waals surface area (Å²) in [7, 11) is 0. The number of carbonyl (C=O) groups excluding carboxylic acids is 1. The van der Waals surface area contributed by atoms with Gasteiger partial charge in [0, 0.05) is 17.8 Å². The van der Waals surface area contributed by atoms with Gasteiger partial charge in [0.1, 0.15) is 0 Å². The molecule has 1 aliphatic rings. The number of aliphatic hydroxyl groups is 1. The van der Waals surface area contributed by atoms with Crippen molar-refractivity contribution in [1.82, 2.24) is 5.32 Å². The SMILES string of the molecule is O=C(NCC1CCCCC1O)c1csc(Br)c1. The summed E-state index contributed by atoms with van der Waals surface area (Å²) in [4.78, 5) is 11.8. The third-order valence-electron chi connectivity index (χ3n) is 3.22. The molecule has 0 spiro atoms. The van der Waals surface area contributed by atoms with Gasteiger partial charge in [0.15, 0.2) is 0 Å². The fraction of sp³-hybridized carbons (Fsp3) is 0.583. The molecule has 3 nitrogen and oxygen atoms in total. The molecule has 17 heavy (non-hydrogen) atoms. The standard InChI is InChI=1S/C12H16BrNO2S/c13-11-5-9(7-17-11)12(16)14-6-8-3-1-2-4-10(8)15/h5,7-8,10,15H,1-4,6H2,(H,14,16). The summed E-state index contributed by atoms with van der Waals surface area (Å²) in [5, 5.41) is 14.5. The first-order chi connectivity index (χ1) is 8.16. The molecule has 1 saturated carbocycles. The van der Waals surface area contributed by atoms with Crippen LogP contribution in [0.4, 0.5) is 0 Å². The molecule has 1 heterocycles. The lowest BCUT2D eigenvalue weighted by Gasteiger charge is -2.27. The van der Waals surface area contributed by atoms with Crippen molar-refractivity contribution in [3.63, 3.8) is 0 Å². The van der Waals surface area contributed by atoms with Crippen LogP contribution in [0.2, 0.25) is 0 Å². The number of hydrogen-bond donors (Lipinski definition) is 2. The zero-order valence-electron chi connectivity index (χ0n) is 9.49. The Bertz CT molecular complexity index is 394. The van der Waals surface area contributed by atoms with E-state index in [0.29, 0.717) is 12.1 Å². The van der Waals surface area contributed by atoms with Gasteiger partial charge in [-0.1, -0.05) is 12.8 Å². The van der Waals surface area contributed by atoms with Crippen molar-refractivity contribution in [3.05, 3.63) is 20.8 Å². The molecule has 94 valence electrons. The minimum absolute atomic E-state index is 0.0512. The van der Waals surface area contributed by atoms with Gasteiger partial charge in [-0.15, -0.1) is 11.3 Å². The monoisotopic (exact) mass is 317 g/mol. The van der Waals surface area contributed by atoms with E-state index >= 15 is 0 Å². The first-order valence-electron chi connectivity index (χ1n) is 5.87. The van der Waals surface area contributed by atoms with Crippen molar-refractivity contribution in [3.8, 4) is 0 Å². The number of aliphatic hydroxyl groups excluding tert-OH is 1. The highest BCUT2D eigenvalue weighted by atomic mass is 79.9. The van der Waals surface area contributed by atoms with E-state index in [4.69, 9.17) is 0 Å². The summed E-state index contributed by atoms with van der Waals surface area (Å²) in [6, 6.07) is 1.82. The number of halogens is 1. The van der Waals surface area contributed by atoms with Crippen LogP contribution in [0.25, 0.3) is 0 Å². The number of hydrogen-bond acceptors (Lipinski definition) is 3. The minimum Gasteiger partial charge on any atom is -0.393 e. The van der Waals surface area contributed by atoms with Crippen molar-refractivity contribution < 1.29 is 9.90 Å². The van der Waals surface area contributed by atoms with Gasteiger partial charge < -0.3 is 10.4 Å². The quantitative estimate of drug-likeness (QED) is 0.900. The van der Waals surface area contributed by atoms with E-state index in [2.05, 4.69) is 21.2 Å². The van der Waals surface area contributed by atoms with Gasteiger partial charge in [-0.25, -0.2) is 0 Å². The Kier molecular flexibility index (Phi) is 4.59. The Morgan fingerprint density at radius 1 is 1.53 bits per heavy atom. The third-order valence-corrected chi connectivity index (χ3v) is 4.73. The molecule has 0 aromatic carbocycles. The largest absolute Gasteiger partial charge is 0.393 e. The van der Waals surface area contributed by atoms with E-state index in [1.807, 2.05) is 11.4 Å². The number of thiophene rings is 1. The topological polar surface area (TPSA) is 49.3 Å². The fourth-order valence-corrected chi connectivity index (χ4v) is 3.32. The summed E-state index contributed by atoms with van der Waals surface area (Å²) < 4.78 is 0.959. The smallest absolute Gasteiger partial charge is 0.252 e. The van der Waals surface area contributed by atoms with Crippen molar-refractivity contribution in [2.24, 2.45) is 5.92 Å². The van der Waals surface area contributed by atoms with Crippen molar-refractivity contribution >= 4 is 33.2 Å². The molecule has 0 aliphatic heterocycles. The highest BCUT2D eigenvalue weighted by Gasteiger charge is 2.23. The Balaban J connectivity index is 1.83. The Morgan fingerprint density at radius 2 is 2.29 bits per heavy atom. The Labute approximate surface area is 113 Å². The van der Waals surface area contributed by atoms with Gasteiger partial charge in [-0.05, 0) is 34.8 Å². The van der Waals surface area contributed by atoms with E-state index in [1.165, 1.54) is 11.3 Å². The van der Waals surface area contributed by atoms with E-state index in [1.54, 1.807) is 0 Å². The number of carbonyl (C=O) groups is 1. The second-order valence-corrected chi connectivity index (χ2v) is 6.75. The van der Waals surface area contributed by atoms with Gasteiger partial charge in [0.05, 0.1) is 15.5 Å². The van der Waals surface area contributed by atoms with Crippen molar-refractivity contribution in [1.29, 1.82) is 0 Å². The summed E-state index contributed by atoms with van der Waals surface area (Å²) in [5.74, 6) is 0.166. The van der Waals surface area contributed by atoms with Crippen molar-refractivity contribution in [2.45, 2.75) is 31.8 Å². The molecule has 1 aromatic heterocycles. The summed E-state index contributed by atoms with van der Waals surface area (Å²) in [6.45, 7) is 0.577. The zero-order chi connectivity index (χ0) is 12.3. The maximum atomic E-state index is 11.8. The molecule has 2 N–H and O–H groups in total. The van der Waals surface area contributed by atoms with Crippen LogP contribution in [0.15, 0.2) is 15.2 Å². The molecular weight excluding hydrogens is 302 g/mol. The van der Waals surface area contributed by atoms with Crippen LogP contribution in [0.5, 0.6) is 0 Å². The number of rotatable bonds is 3. The molecule has 0 saturated heterocycles. The van der Waals surface area contributed by atoms with Gasteiger partial charge in [-0.2, -0.15) is 0 Å². The highest BCUT2D eigenvalue weighted by molar-refractivity contribution is 9.11. The molecule has 2 rings (SSSR count). The normalized spacial score (nSPS) is 24.6. The van der Waals surface area contributed by atoms with Crippen LogP contribution in [0.3, 0.4) is 0 Å². The van der Waals surface area contributed by atoms with Crippen LogP contribution >= 0.6 is 27.3 Å². The molecule has 2 unspecified atom stereocenters. The second-order valence-electron chi connectivity index (χ2n) is 4.46. The fourth-order valence-electron chi connectivity index (χ4n) is 2.18. The predicted molar refractivity (Wildman–Crippen MR) is 72.3 cm³/mol. The van der Waals surface area contributed by atoms with E-state index in [0.717, 1.165) is 29.5 Å². The average Bonchev–Trinajstić information content (AvgIpc) is 2.74. The first-order valence-corrected chi connectivity index (χ1v) is 7.54. The van der Waals surface area contributed by atoms with Crippen LogP contribution < -0.4 is 5.32 Å². The molecule has 1 fully saturated rings. The van der Waals surface area contributed by atoms with Crippen LogP contribution in [0, 0.1) is 5.92 Å². The summed E-state index contributed by atoms with van der Waals surface area (Å²) >= 11 is 4.84. The maximum Gasteiger partial charge on any atom is 0.252 e. The third kappa shape index (κ3) is 3.53. The van der Waals surface area contributed by atoms with Gasteiger partial charge in [0.25, 0.3) is 5.91 Å². The van der Waals surface area contributed by atoms with Crippen LogP contribution in [-0.2, 0) is 0 Å². The summed E-state index contributed by atoms with van der Waals surface area (Å²) in [6.07, 6.45) is 3.88. The highest BCUT2D eigenvalue weighted by Crippen LogP contribution is 2.24. The van der Waals surface area contributed by atoms with Gasteiger partial charge in [-0.3, -0.25) is 4.79 Å². The predicted octanol–water partition coefficient (Wildman–Crippen LogP) is 2.79. The molecule has 0 radical (unpaired) electrons.